The quantitative estimate of drug-likeness (QED) is 0.790. The maximum atomic E-state index is 5.46. The van der Waals surface area contributed by atoms with Gasteiger partial charge in [-0.1, -0.05) is 13.8 Å². The first-order valence-electron chi connectivity index (χ1n) is 4.88. The van der Waals surface area contributed by atoms with Crippen LogP contribution in [0.2, 0.25) is 0 Å². The third kappa shape index (κ3) is 3.20. The van der Waals surface area contributed by atoms with Crippen LogP contribution in [0.1, 0.15) is 20.3 Å². The molecule has 0 bridgehead atoms. The van der Waals surface area contributed by atoms with Crippen LogP contribution >= 0.6 is 0 Å². The number of nitrogens with zero attached hydrogens (tertiary/aromatic N) is 3. The second kappa shape index (κ2) is 4.79. The second-order valence-electron chi connectivity index (χ2n) is 3.90. The number of nitrogens with two attached hydrogens (primary N) is 1. The van der Waals surface area contributed by atoms with Crippen LogP contribution in [0, 0.1) is 5.92 Å². The third-order valence-electron chi connectivity index (χ3n) is 2.09. The van der Waals surface area contributed by atoms with Crippen LogP contribution in [-0.2, 0) is 0 Å². The Hall–Kier alpha value is -1.32. The van der Waals surface area contributed by atoms with E-state index in [9.17, 15) is 0 Å². The summed E-state index contributed by atoms with van der Waals surface area (Å²) < 4.78 is 0. The molecule has 0 spiro atoms. The Labute approximate surface area is 85.2 Å². The van der Waals surface area contributed by atoms with Gasteiger partial charge in [0.05, 0.1) is 12.4 Å². The maximum absolute atomic E-state index is 5.46. The Balaban J connectivity index is 2.52. The molecule has 14 heavy (non-hydrogen) atoms. The molecular weight excluding hydrogens is 176 g/mol. The van der Waals surface area contributed by atoms with E-state index in [2.05, 4.69) is 28.7 Å². The van der Waals surface area contributed by atoms with Crippen LogP contribution in [0.25, 0.3) is 0 Å². The van der Waals surface area contributed by atoms with Crippen LogP contribution in [0.3, 0.4) is 0 Å². The van der Waals surface area contributed by atoms with E-state index in [1.54, 1.807) is 12.4 Å². The number of aromatic nitrogens is 2. The van der Waals surface area contributed by atoms with Crippen molar-refractivity contribution in [2.75, 3.05) is 24.2 Å². The van der Waals surface area contributed by atoms with E-state index in [1.807, 2.05) is 7.05 Å². The lowest BCUT2D eigenvalue weighted by atomic mass is 10.1. The molecule has 4 heteroatoms. The summed E-state index contributed by atoms with van der Waals surface area (Å²) in [5, 5.41) is 0. The highest BCUT2D eigenvalue weighted by Gasteiger charge is 2.03. The fourth-order valence-electron chi connectivity index (χ4n) is 1.09. The van der Waals surface area contributed by atoms with E-state index in [4.69, 9.17) is 5.73 Å². The van der Waals surface area contributed by atoms with E-state index in [1.165, 1.54) is 0 Å². The normalized spacial score (nSPS) is 10.6. The van der Waals surface area contributed by atoms with Gasteiger partial charge in [0.1, 0.15) is 11.6 Å². The monoisotopic (exact) mass is 194 g/mol. The third-order valence-corrected chi connectivity index (χ3v) is 2.09. The Bertz CT molecular complexity index is 268. The average molecular weight is 194 g/mol. The van der Waals surface area contributed by atoms with Gasteiger partial charge < -0.3 is 10.6 Å². The minimum absolute atomic E-state index is 0.464. The van der Waals surface area contributed by atoms with Crippen molar-refractivity contribution in [2.45, 2.75) is 20.3 Å². The predicted molar refractivity (Wildman–Crippen MR) is 59.2 cm³/mol. The molecule has 0 unspecified atom stereocenters. The predicted octanol–water partition coefficient (Wildman–Crippen LogP) is 1.54. The Morgan fingerprint density at radius 3 is 2.57 bits per heavy atom. The SMILES string of the molecule is CC(C)CCN(C)c1cnc(N)cn1. The molecule has 0 fully saturated rings. The van der Waals surface area contributed by atoms with Crippen molar-refractivity contribution in [3.8, 4) is 0 Å². The number of hydrogen-bond donors (Lipinski definition) is 1. The molecule has 1 aromatic rings. The van der Waals surface area contributed by atoms with Crippen molar-refractivity contribution >= 4 is 11.6 Å². The number of rotatable bonds is 4. The Morgan fingerprint density at radius 2 is 2.07 bits per heavy atom. The number of hydrogen-bond acceptors (Lipinski definition) is 4. The lowest BCUT2D eigenvalue weighted by Gasteiger charge is -2.18. The molecule has 78 valence electrons. The van der Waals surface area contributed by atoms with E-state index in [-0.39, 0.29) is 0 Å². The summed E-state index contributed by atoms with van der Waals surface area (Å²) in [6.07, 6.45) is 4.44. The molecule has 0 radical (unpaired) electrons. The summed E-state index contributed by atoms with van der Waals surface area (Å²) in [7, 11) is 2.02. The molecule has 0 aliphatic carbocycles. The molecule has 1 heterocycles. The molecule has 0 aliphatic heterocycles. The summed E-state index contributed by atoms with van der Waals surface area (Å²) in [6, 6.07) is 0. The maximum Gasteiger partial charge on any atom is 0.146 e. The standard InChI is InChI=1S/C10H18N4/c1-8(2)4-5-14(3)10-7-12-9(11)6-13-10/h6-8H,4-5H2,1-3H3,(H2,11,12). The second-order valence-corrected chi connectivity index (χ2v) is 3.90. The zero-order chi connectivity index (χ0) is 10.6. The molecule has 1 rings (SSSR count). The van der Waals surface area contributed by atoms with Crippen LogP contribution in [0.5, 0.6) is 0 Å². The van der Waals surface area contributed by atoms with Crippen LogP contribution < -0.4 is 10.6 Å². The van der Waals surface area contributed by atoms with Gasteiger partial charge in [-0.3, -0.25) is 0 Å². The lowest BCUT2D eigenvalue weighted by molar-refractivity contribution is 0.583. The summed E-state index contributed by atoms with van der Waals surface area (Å²) in [5.41, 5.74) is 5.46. The molecule has 0 aromatic carbocycles. The summed E-state index contributed by atoms with van der Waals surface area (Å²) in [4.78, 5) is 10.3. The van der Waals surface area contributed by atoms with Gasteiger partial charge in [-0.05, 0) is 12.3 Å². The minimum atomic E-state index is 0.464. The Kier molecular flexibility index (Phi) is 3.68. The first-order chi connectivity index (χ1) is 6.59. The zero-order valence-corrected chi connectivity index (χ0v) is 9.07. The number of anilines is 2. The van der Waals surface area contributed by atoms with E-state index in [0.29, 0.717) is 11.7 Å². The van der Waals surface area contributed by atoms with Gasteiger partial charge in [0, 0.05) is 13.6 Å². The molecule has 0 amide bonds. The van der Waals surface area contributed by atoms with Crippen LogP contribution in [0.4, 0.5) is 11.6 Å². The van der Waals surface area contributed by atoms with Gasteiger partial charge in [0.25, 0.3) is 0 Å². The van der Waals surface area contributed by atoms with Gasteiger partial charge in [0.15, 0.2) is 0 Å². The van der Waals surface area contributed by atoms with Crippen molar-refractivity contribution in [1.29, 1.82) is 0 Å². The average Bonchev–Trinajstić information content (AvgIpc) is 2.15. The van der Waals surface area contributed by atoms with Crippen LogP contribution in [0.15, 0.2) is 12.4 Å². The van der Waals surface area contributed by atoms with Crippen molar-refractivity contribution in [2.24, 2.45) is 5.92 Å². The van der Waals surface area contributed by atoms with Crippen LogP contribution in [-0.4, -0.2) is 23.6 Å². The molecule has 0 aliphatic rings. The Morgan fingerprint density at radius 1 is 1.36 bits per heavy atom. The highest BCUT2D eigenvalue weighted by atomic mass is 15.2. The van der Waals surface area contributed by atoms with Crippen molar-refractivity contribution < 1.29 is 0 Å². The fraction of sp³-hybridized carbons (Fsp3) is 0.600. The molecule has 0 atom stereocenters. The first-order valence-corrected chi connectivity index (χ1v) is 4.88. The zero-order valence-electron chi connectivity index (χ0n) is 9.07. The minimum Gasteiger partial charge on any atom is -0.382 e. The topological polar surface area (TPSA) is 55.0 Å². The first kappa shape index (κ1) is 10.8. The smallest absolute Gasteiger partial charge is 0.146 e. The van der Waals surface area contributed by atoms with Crippen molar-refractivity contribution in [3.63, 3.8) is 0 Å². The van der Waals surface area contributed by atoms with Crippen molar-refractivity contribution in [1.82, 2.24) is 9.97 Å². The molecule has 4 nitrogen and oxygen atoms in total. The lowest BCUT2D eigenvalue weighted by Crippen LogP contribution is -2.21. The highest BCUT2D eigenvalue weighted by molar-refractivity contribution is 5.38. The molecule has 0 saturated heterocycles. The van der Waals surface area contributed by atoms with Crippen molar-refractivity contribution in [3.05, 3.63) is 12.4 Å². The highest BCUT2D eigenvalue weighted by Crippen LogP contribution is 2.09. The van der Waals surface area contributed by atoms with Gasteiger partial charge in [-0.15, -0.1) is 0 Å². The largest absolute Gasteiger partial charge is 0.382 e. The summed E-state index contributed by atoms with van der Waals surface area (Å²) >= 11 is 0. The summed E-state index contributed by atoms with van der Waals surface area (Å²) in [6.45, 7) is 5.42. The van der Waals surface area contributed by atoms with Gasteiger partial charge in [-0.2, -0.15) is 0 Å². The summed E-state index contributed by atoms with van der Waals surface area (Å²) in [5.74, 6) is 2.05. The van der Waals surface area contributed by atoms with Gasteiger partial charge in [-0.25, -0.2) is 9.97 Å². The van der Waals surface area contributed by atoms with Gasteiger partial charge >= 0.3 is 0 Å². The van der Waals surface area contributed by atoms with E-state index >= 15 is 0 Å². The molecule has 1 aromatic heterocycles. The van der Waals surface area contributed by atoms with E-state index in [0.717, 1.165) is 18.8 Å². The molecular formula is C10H18N4. The molecule has 2 N–H and O–H groups in total. The van der Waals surface area contributed by atoms with Gasteiger partial charge in [0.2, 0.25) is 0 Å². The fourth-order valence-corrected chi connectivity index (χ4v) is 1.09. The van der Waals surface area contributed by atoms with E-state index < -0.39 is 0 Å². The molecule has 0 saturated carbocycles. The number of nitrogen functional groups attached to an aromatic ring is 1.